The Kier molecular flexibility index (Phi) is 5.03. The second-order valence-electron chi connectivity index (χ2n) is 5.21. The molecular weight excluding hydrogens is 190 g/mol. The molecule has 1 saturated heterocycles. The lowest BCUT2D eigenvalue weighted by Gasteiger charge is -2.20. The van der Waals surface area contributed by atoms with E-state index in [1.807, 2.05) is 13.8 Å². The summed E-state index contributed by atoms with van der Waals surface area (Å²) in [5.41, 5.74) is 0. The predicted octanol–water partition coefficient (Wildman–Crippen LogP) is 1.36. The number of aliphatic hydroxyl groups is 1. The lowest BCUT2D eigenvalue weighted by molar-refractivity contribution is -0.00633. The van der Waals surface area contributed by atoms with Gasteiger partial charge in [-0.3, -0.25) is 0 Å². The maximum absolute atomic E-state index is 9.76. The highest BCUT2D eigenvalue weighted by Gasteiger charge is 2.27. The van der Waals surface area contributed by atoms with Gasteiger partial charge in [0, 0.05) is 19.6 Å². The third-order valence-electron chi connectivity index (χ3n) is 3.15. The molecule has 3 unspecified atom stereocenters. The van der Waals surface area contributed by atoms with Gasteiger partial charge in [-0.15, -0.1) is 0 Å². The Hall–Kier alpha value is -0.120. The van der Waals surface area contributed by atoms with Gasteiger partial charge in [-0.25, -0.2) is 0 Å². The number of ether oxygens (including phenoxy) is 1. The van der Waals surface area contributed by atoms with Crippen LogP contribution in [0.2, 0.25) is 0 Å². The first-order valence-electron chi connectivity index (χ1n) is 6.01. The molecule has 0 bridgehead atoms. The molecule has 3 nitrogen and oxygen atoms in total. The van der Waals surface area contributed by atoms with Crippen LogP contribution in [0.15, 0.2) is 0 Å². The van der Waals surface area contributed by atoms with Crippen molar-refractivity contribution in [3.63, 3.8) is 0 Å². The Labute approximate surface area is 93.4 Å². The maximum atomic E-state index is 9.76. The number of likely N-dealkylation sites (tertiary alicyclic amines) is 1. The summed E-state index contributed by atoms with van der Waals surface area (Å²) < 4.78 is 5.39. The van der Waals surface area contributed by atoms with Crippen LogP contribution in [0.25, 0.3) is 0 Å². The van der Waals surface area contributed by atoms with Gasteiger partial charge in [0.2, 0.25) is 0 Å². The highest BCUT2D eigenvalue weighted by molar-refractivity contribution is 4.79. The molecule has 0 spiro atoms. The van der Waals surface area contributed by atoms with Crippen LogP contribution in [0.5, 0.6) is 0 Å². The average Bonchev–Trinajstić information content (AvgIpc) is 2.42. The molecule has 0 saturated carbocycles. The fourth-order valence-electron chi connectivity index (χ4n) is 2.05. The van der Waals surface area contributed by atoms with Crippen LogP contribution in [0.1, 0.15) is 27.7 Å². The molecule has 3 heteroatoms. The van der Waals surface area contributed by atoms with Crippen molar-refractivity contribution in [1.29, 1.82) is 0 Å². The minimum atomic E-state index is -0.343. The Morgan fingerprint density at radius 3 is 2.27 bits per heavy atom. The number of β-amino-alcohol motifs (C(OH)–C–C–N with tert-alkyl or cyclic N) is 1. The number of nitrogens with zero attached hydrogens (tertiary/aromatic N) is 1. The summed E-state index contributed by atoms with van der Waals surface area (Å²) in [5, 5.41) is 9.76. The van der Waals surface area contributed by atoms with Gasteiger partial charge in [0.1, 0.15) is 0 Å². The molecule has 0 aliphatic carbocycles. The van der Waals surface area contributed by atoms with E-state index in [4.69, 9.17) is 4.74 Å². The van der Waals surface area contributed by atoms with Crippen LogP contribution in [0.4, 0.5) is 0 Å². The van der Waals surface area contributed by atoms with Crippen molar-refractivity contribution in [2.75, 3.05) is 26.2 Å². The third kappa shape index (κ3) is 4.49. The zero-order valence-electron chi connectivity index (χ0n) is 10.4. The van der Waals surface area contributed by atoms with Gasteiger partial charge < -0.3 is 14.7 Å². The summed E-state index contributed by atoms with van der Waals surface area (Å²) in [5.74, 6) is 1.51. The molecule has 1 rings (SSSR count). The van der Waals surface area contributed by atoms with Crippen LogP contribution in [0.3, 0.4) is 0 Å². The van der Waals surface area contributed by atoms with Crippen LogP contribution in [-0.4, -0.2) is 48.5 Å². The number of hydrogen-bond acceptors (Lipinski definition) is 3. The van der Waals surface area contributed by atoms with Crippen molar-refractivity contribution in [3.8, 4) is 0 Å². The van der Waals surface area contributed by atoms with E-state index >= 15 is 0 Å². The normalized spacial score (nSPS) is 30.0. The summed E-state index contributed by atoms with van der Waals surface area (Å²) >= 11 is 0. The van der Waals surface area contributed by atoms with E-state index in [0.29, 0.717) is 6.61 Å². The fourth-order valence-corrected chi connectivity index (χ4v) is 2.05. The van der Waals surface area contributed by atoms with Crippen LogP contribution < -0.4 is 0 Å². The van der Waals surface area contributed by atoms with Crippen molar-refractivity contribution in [2.45, 2.75) is 39.9 Å². The molecular formula is C12H25NO2. The lowest BCUT2D eigenvalue weighted by Crippen LogP contribution is -2.34. The van der Waals surface area contributed by atoms with Crippen molar-refractivity contribution < 1.29 is 9.84 Å². The summed E-state index contributed by atoms with van der Waals surface area (Å²) in [6, 6.07) is 0. The van der Waals surface area contributed by atoms with E-state index in [1.54, 1.807) is 0 Å². The molecule has 0 aromatic rings. The van der Waals surface area contributed by atoms with Crippen molar-refractivity contribution in [3.05, 3.63) is 0 Å². The first kappa shape index (κ1) is 12.9. The Balaban J connectivity index is 2.18. The molecule has 1 heterocycles. The molecule has 1 aliphatic heterocycles. The van der Waals surface area contributed by atoms with Gasteiger partial charge in [-0.1, -0.05) is 13.8 Å². The van der Waals surface area contributed by atoms with Crippen LogP contribution in [0, 0.1) is 11.8 Å². The molecule has 0 radical (unpaired) electrons. The van der Waals surface area contributed by atoms with Gasteiger partial charge in [0.15, 0.2) is 0 Å². The topological polar surface area (TPSA) is 32.7 Å². The van der Waals surface area contributed by atoms with E-state index in [-0.39, 0.29) is 12.2 Å². The predicted molar refractivity (Wildman–Crippen MR) is 61.9 cm³/mol. The minimum Gasteiger partial charge on any atom is -0.389 e. The molecule has 1 N–H and O–H groups in total. The SMILES string of the molecule is CC(C)OCC(O)CN1CC(C)C(C)C1. The summed E-state index contributed by atoms with van der Waals surface area (Å²) in [6.07, 6.45) is -0.138. The fraction of sp³-hybridized carbons (Fsp3) is 1.00. The zero-order chi connectivity index (χ0) is 11.4. The lowest BCUT2D eigenvalue weighted by atomic mass is 10.0. The highest BCUT2D eigenvalue weighted by Crippen LogP contribution is 2.21. The van der Waals surface area contributed by atoms with E-state index in [9.17, 15) is 5.11 Å². The van der Waals surface area contributed by atoms with Gasteiger partial charge in [-0.2, -0.15) is 0 Å². The van der Waals surface area contributed by atoms with Gasteiger partial charge >= 0.3 is 0 Å². The van der Waals surface area contributed by atoms with Gasteiger partial charge in [0.25, 0.3) is 0 Å². The van der Waals surface area contributed by atoms with E-state index in [2.05, 4.69) is 18.7 Å². The summed E-state index contributed by atoms with van der Waals surface area (Å²) in [6.45, 7) is 12.0. The highest BCUT2D eigenvalue weighted by atomic mass is 16.5. The molecule has 3 atom stereocenters. The smallest absolute Gasteiger partial charge is 0.0900 e. The van der Waals surface area contributed by atoms with Crippen LogP contribution in [-0.2, 0) is 4.74 Å². The number of rotatable bonds is 5. The zero-order valence-corrected chi connectivity index (χ0v) is 10.4. The second kappa shape index (κ2) is 5.83. The minimum absolute atomic E-state index is 0.205. The quantitative estimate of drug-likeness (QED) is 0.751. The Morgan fingerprint density at radius 2 is 1.80 bits per heavy atom. The maximum Gasteiger partial charge on any atom is 0.0900 e. The molecule has 0 amide bonds. The van der Waals surface area contributed by atoms with Crippen molar-refractivity contribution in [2.24, 2.45) is 11.8 Å². The standard InChI is InChI=1S/C12H25NO2/c1-9(2)15-8-12(14)7-13-5-10(3)11(4)6-13/h9-12,14H,5-8H2,1-4H3. The monoisotopic (exact) mass is 215 g/mol. The Morgan fingerprint density at radius 1 is 1.27 bits per heavy atom. The molecule has 0 aromatic heterocycles. The molecule has 90 valence electrons. The first-order chi connectivity index (χ1) is 6.99. The molecule has 0 aromatic carbocycles. The van der Waals surface area contributed by atoms with E-state index in [0.717, 1.165) is 31.5 Å². The largest absolute Gasteiger partial charge is 0.389 e. The van der Waals surface area contributed by atoms with E-state index < -0.39 is 0 Å². The van der Waals surface area contributed by atoms with Crippen LogP contribution >= 0.6 is 0 Å². The van der Waals surface area contributed by atoms with Crippen molar-refractivity contribution >= 4 is 0 Å². The summed E-state index contributed by atoms with van der Waals surface area (Å²) in [4.78, 5) is 2.34. The molecule has 1 aliphatic rings. The number of aliphatic hydroxyl groups excluding tert-OH is 1. The first-order valence-corrected chi connectivity index (χ1v) is 6.01. The summed E-state index contributed by atoms with van der Waals surface area (Å²) in [7, 11) is 0. The van der Waals surface area contributed by atoms with E-state index in [1.165, 1.54) is 0 Å². The van der Waals surface area contributed by atoms with Gasteiger partial charge in [0.05, 0.1) is 18.8 Å². The molecule has 1 fully saturated rings. The number of hydrogen-bond donors (Lipinski definition) is 1. The molecule has 15 heavy (non-hydrogen) atoms. The van der Waals surface area contributed by atoms with Crippen molar-refractivity contribution in [1.82, 2.24) is 4.90 Å². The second-order valence-corrected chi connectivity index (χ2v) is 5.21. The average molecular weight is 215 g/mol. The van der Waals surface area contributed by atoms with Gasteiger partial charge in [-0.05, 0) is 25.7 Å². The Bertz CT molecular complexity index is 174. The third-order valence-corrected chi connectivity index (χ3v) is 3.15.